The smallest absolute Gasteiger partial charge is 0.344 e. The summed E-state index contributed by atoms with van der Waals surface area (Å²) in [6.07, 6.45) is 0. The third-order valence-electron chi connectivity index (χ3n) is 3.09. The molecule has 2 heterocycles. The van der Waals surface area contributed by atoms with E-state index in [9.17, 15) is 4.79 Å². The number of aryl methyl sites for hydroxylation is 3. The molecule has 0 fully saturated rings. The summed E-state index contributed by atoms with van der Waals surface area (Å²) in [7, 11) is 1.85. The maximum atomic E-state index is 12.0. The van der Waals surface area contributed by atoms with Gasteiger partial charge in [-0.15, -0.1) is 0 Å². The zero-order chi connectivity index (χ0) is 14.2. The lowest BCUT2D eigenvalue weighted by Crippen LogP contribution is -2.07. The molecule has 2 rings (SSSR count). The van der Waals surface area contributed by atoms with E-state index in [1.165, 1.54) is 0 Å². The molecule has 0 atom stereocenters. The average Bonchev–Trinajstić information content (AvgIpc) is 2.81. The van der Waals surface area contributed by atoms with Gasteiger partial charge in [-0.25, -0.2) is 4.79 Å². The van der Waals surface area contributed by atoms with Gasteiger partial charge in [-0.3, -0.25) is 4.68 Å². The maximum Gasteiger partial charge on any atom is 0.344 e. The molecule has 6 nitrogen and oxygen atoms in total. The van der Waals surface area contributed by atoms with Crippen LogP contribution in [0.25, 0.3) is 11.3 Å². The van der Waals surface area contributed by atoms with Crippen molar-refractivity contribution in [3.8, 4) is 11.3 Å². The average molecular weight is 263 g/mol. The van der Waals surface area contributed by atoms with Crippen LogP contribution in [-0.4, -0.2) is 27.5 Å². The minimum Gasteiger partial charge on any atom is -0.462 e. The summed E-state index contributed by atoms with van der Waals surface area (Å²) in [6, 6.07) is 0. The molecule has 6 heteroatoms. The number of aromatic nitrogens is 3. The number of ether oxygens (including phenoxy) is 1. The van der Waals surface area contributed by atoms with E-state index in [4.69, 9.17) is 9.26 Å². The Morgan fingerprint density at radius 3 is 2.58 bits per heavy atom. The first-order chi connectivity index (χ1) is 8.97. The van der Waals surface area contributed by atoms with Gasteiger partial charge in [0.2, 0.25) is 0 Å². The Kier molecular flexibility index (Phi) is 3.42. The fourth-order valence-corrected chi connectivity index (χ4v) is 2.10. The minimum atomic E-state index is -0.418. The third-order valence-corrected chi connectivity index (χ3v) is 3.09. The number of hydrogen-bond donors (Lipinski definition) is 0. The van der Waals surface area contributed by atoms with Crippen LogP contribution in [0.1, 0.15) is 34.4 Å². The van der Waals surface area contributed by atoms with E-state index < -0.39 is 5.97 Å². The van der Waals surface area contributed by atoms with Gasteiger partial charge in [0.15, 0.2) is 0 Å². The van der Waals surface area contributed by atoms with Gasteiger partial charge >= 0.3 is 5.97 Å². The van der Waals surface area contributed by atoms with Crippen LogP contribution >= 0.6 is 0 Å². The lowest BCUT2D eigenvalue weighted by Gasteiger charge is -2.03. The normalized spacial score (nSPS) is 10.8. The zero-order valence-electron chi connectivity index (χ0n) is 11.8. The molecule has 0 saturated carbocycles. The molecule has 0 aliphatic carbocycles. The van der Waals surface area contributed by atoms with Gasteiger partial charge in [0, 0.05) is 18.3 Å². The second-order valence-corrected chi connectivity index (χ2v) is 4.35. The van der Waals surface area contributed by atoms with E-state index in [0.717, 1.165) is 17.0 Å². The lowest BCUT2D eigenvalue weighted by atomic mass is 10.0. The standard InChI is InChI=1S/C13H17N3O3/c1-6-18-13(17)11-9(4)19-15-12(11)10-7(2)14-16(5)8(10)3/h6H2,1-5H3. The van der Waals surface area contributed by atoms with E-state index in [1.54, 1.807) is 18.5 Å². The van der Waals surface area contributed by atoms with Crippen LogP contribution in [0.4, 0.5) is 0 Å². The Hall–Kier alpha value is -2.11. The molecule has 2 aromatic heterocycles. The summed E-state index contributed by atoms with van der Waals surface area (Å²) in [6.45, 7) is 7.58. The SMILES string of the molecule is CCOC(=O)c1c(-c2c(C)nn(C)c2C)noc1C. The van der Waals surface area contributed by atoms with Crippen molar-refractivity contribution in [3.63, 3.8) is 0 Å². The quantitative estimate of drug-likeness (QED) is 0.794. The number of nitrogens with zero attached hydrogens (tertiary/aromatic N) is 3. The van der Waals surface area contributed by atoms with Crippen LogP contribution in [0.15, 0.2) is 4.52 Å². The van der Waals surface area contributed by atoms with Crippen LogP contribution < -0.4 is 0 Å². The van der Waals surface area contributed by atoms with Gasteiger partial charge in [-0.1, -0.05) is 5.16 Å². The van der Waals surface area contributed by atoms with Crippen molar-refractivity contribution in [2.45, 2.75) is 27.7 Å². The van der Waals surface area contributed by atoms with Crippen molar-refractivity contribution in [2.24, 2.45) is 7.05 Å². The molecule has 0 aliphatic rings. The first kappa shape index (κ1) is 13.3. The van der Waals surface area contributed by atoms with E-state index in [-0.39, 0.29) is 0 Å². The number of esters is 1. The van der Waals surface area contributed by atoms with E-state index in [2.05, 4.69) is 10.3 Å². The summed E-state index contributed by atoms with van der Waals surface area (Å²) in [5.41, 5.74) is 3.43. The van der Waals surface area contributed by atoms with Gasteiger partial charge in [0.05, 0.1) is 12.3 Å². The van der Waals surface area contributed by atoms with Gasteiger partial charge in [-0.05, 0) is 27.7 Å². The molecular weight excluding hydrogens is 246 g/mol. The molecule has 0 amide bonds. The van der Waals surface area contributed by atoms with Gasteiger partial charge in [0.25, 0.3) is 0 Å². The second kappa shape index (κ2) is 4.87. The number of hydrogen-bond acceptors (Lipinski definition) is 5. The van der Waals surface area contributed by atoms with Gasteiger partial charge in [-0.2, -0.15) is 5.10 Å². The summed E-state index contributed by atoms with van der Waals surface area (Å²) in [4.78, 5) is 12.0. The van der Waals surface area contributed by atoms with E-state index >= 15 is 0 Å². The Balaban J connectivity index is 2.61. The molecule has 0 aromatic carbocycles. The fraction of sp³-hybridized carbons (Fsp3) is 0.462. The molecule has 0 radical (unpaired) electrons. The third kappa shape index (κ3) is 2.14. The Bertz CT molecular complexity index is 625. The zero-order valence-corrected chi connectivity index (χ0v) is 11.8. The number of rotatable bonds is 3. The molecule has 19 heavy (non-hydrogen) atoms. The monoisotopic (exact) mass is 263 g/mol. The highest BCUT2D eigenvalue weighted by molar-refractivity contribution is 5.97. The molecule has 0 saturated heterocycles. The summed E-state index contributed by atoms with van der Waals surface area (Å²) in [5, 5.41) is 8.32. The molecule has 102 valence electrons. The molecule has 0 bridgehead atoms. The first-order valence-electron chi connectivity index (χ1n) is 6.11. The highest BCUT2D eigenvalue weighted by Gasteiger charge is 2.26. The Morgan fingerprint density at radius 1 is 1.37 bits per heavy atom. The Morgan fingerprint density at radius 2 is 2.05 bits per heavy atom. The summed E-state index contributed by atoms with van der Waals surface area (Å²) in [5.74, 6) is 0.0370. The minimum absolute atomic E-state index is 0.313. The summed E-state index contributed by atoms with van der Waals surface area (Å²) < 4.78 is 12.0. The lowest BCUT2D eigenvalue weighted by molar-refractivity contribution is 0.0525. The van der Waals surface area contributed by atoms with Crippen molar-refractivity contribution < 1.29 is 14.1 Å². The fourth-order valence-electron chi connectivity index (χ4n) is 2.10. The predicted molar refractivity (Wildman–Crippen MR) is 68.9 cm³/mol. The molecular formula is C13H17N3O3. The van der Waals surface area contributed by atoms with Crippen LogP contribution in [-0.2, 0) is 11.8 Å². The van der Waals surface area contributed by atoms with E-state index in [1.807, 2.05) is 20.9 Å². The highest BCUT2D eigenvalue weighted by Crippen LogP contribution is 2.30. The van der Waals surface area contributed by atoms with Crippen LogP contribution in [0.2, 0.25) is 0 Å². The maximum absolute atomic E-state index is 12.0. The largest absolute Gasteiger partial charge is 0.462 e. The van der Waals surface area contributed by atoms with Crippen molar-refractivity contribution in [1.29, 1.82) is 0 Å². The summed E-state index contributed by atoms with van der Waals surface area (Å²) >= 11 is 0. The van der Waals surface area contributed by atoms with Crippen molar-refractivity contribution in [1.82, 2.24) is 14.9 Å². The van der Waals surface area contributed by atoms with Crippen molar-refractivity contribution in [2.75, 3.05) is 6.61 Å². The molecule has 0 aliphatic heterocycles. The molecule has 0 N–H and O–H groups in total. The van der Waals surface area contributed by atoms with E-state index in [0.29, 0.717) is 23.6 Å². The Labute approximate surface area is 111 Å². The second-order valence-electron chi connectivity index (χ2n) is 4.35. The highest BCUT2D eigenvalue weighted by atomic mass is 16.5. The van der Waals surface area contributed by atoms with Crippen LogP contribution in [0, 0.1) is 20.8 Å². The number of carbonyl (C=O) groups excluding carboxylic acids is 1. The molecule has 0 spiro atoms. The topological polar surface area (TPSA) is 70.2 Å². The molecule has 0 unspecified atom stereocenters. The first-order valence-corrected chi connectivity index (χ1v) is 6.11. The number of carbonyl (C=O) groups is 1. The van der Waals surface area contributed by atoms with Crippen molar-refractivity contribution in [3.05, 3.63) is 22.7 Å². The van der Waals surface area contributed by atoms with Crippen LogP contribution in [0.5, 0.6) is 0 Å². The van der Waals surface area contributed by atoms with Crippen molar-refractivity contribution >= 4 is 5.97 Å². The van der Waals surface area contributed by atoms with Gasteiger partial charge < -0.3 is 9.26 Å². The van der Waals surface area contributed by atoms with Crippen LogP contribution in [0.3, 0.4) is 0 Å². The van der Waals surface area contributed by atoms with Gasteiger partial charge in [0.1, 0.15) is 17.0 Å². The molecule has 2 aromatic rings. The predicted octanol–water partition coefficient (Wildman–Crippen LogP) is 2.18.